The van der Waals surface area contributed by atoms with Gasteiger partial charge in [0, 0.05) is 0 Å². The largest absolute Gasteiger partial charge is 0.242 e. The van der Waals surface area contributed by atoms with E-state index in [-0.39, 0.29) is 5.41 Å². The first-order valence-electron chi connectivity index (χ1n) is 9.57. The second-order valence-corrected chi connectivity index (χ2v) is 15.1. The molecule has 0 bridgehead atoms. The van der Waals surface area contributed by atoms with Crippen molar-refractivity contribution in [2.24, 2.45) is 11.8 Å². The molecule has 0 amide bonds. The molecular weight excluding hydrogens is 322 g/mol. The highest BCUT2D eigenvalue weighted by molar-refractivity contribution is 8.33. The molecule has 0 atom stereocenters. The van der Waals surface area contributed by atoms with E-state index in [2.05, 4.69) is 72.3 Å². The van der Waals surface area contributed by atoms with Crippen molar-refractivity contribution >= 4 is 10.0 Å². The topological polar surface area (TPSA) is 23.8 Å². The maximum atomic E-state index is 9.22. The Morgan fingerprint density at radius 1 is 1.04 bits per heavy atom. The third-order valence-electron chi connectivity index (χ3n) is 6.20. The predicted molar refractivity (Wildman–Crippen MR) is 114 cm³/mol. The smallest absolute Gasteiger partial charge is 0.0991 e. The van der Waals surface area contributed by atoms with Crippen LogP contribution in [0.25, 0.3) is 0 Å². The molecule has 1 fully saturated rings. The van der Waals surface area contributed by atoms with Gasteiger partial charge in [-0.1, -0.05) is 47.6 Å². The molecule has 0 saturated heterocycles. The standard InChI is InChI=1S/C23H37NS/c1-22(2,3)21-14-17(15-24)9-10-20(21)13-18-11-19(12-18)16-25(7,8)23(4,5)6/h9-10,14,18-19H,11-13,16H2,1-8H3. The van der Waals surface area contributed by atoms with Crippen LogP contribution in [-0.2, 0) is 11.8 Å². The third-order valence-corrected chi connectivity index (χ3v) is 10.8. The molecule has 0 radical (unpaired) electrons. The number of hydrogen-bond donors (Lipinski definition) is 0. The van der Waals surface area contributed by atoms with Gasteiger partial charge in [0.1, 0.15) is 0 Å². The lowest BCUT2D eigenvalue weighted by molar-refractivity contribution is 0.214. The van der Waals surface area contributed by atoms with Gasteiger partial charge in [-0.2, -0.15) is 5.26 Å². The molecule has 0 heterocycles. The van der Waals surface area contributed by atoms with E-state index in [4.69, 9.17) is 0 Å². The Bertz CT molecular complexity index is 646. The Hall–Kier alpha value is -0.940. The van der Waals surface area contributed by atoms with E-state index in [9.17, 15) is 5.26 Å². The summed E-state index contributed by atoms with van der Waals surface area (Å²) in [6, 6.07) is 8.61. The summed E-state index contributed by atoms with van der Waals surface area (Å²) in [5.74, 6) is 3.17. The van der Waals surface area contributed by atoms with E-state index < -0.39 is 10.0 Å². The fourth-order valence-corrected chi connectivity index (χ4v) is 5.80. The number of hydrogen-bond acceptors (Lipinski definition) is 1. The van der Waals surface area contributed by atoms with Gasteiger partial charge in [0.15, 0.2) is 0 Å². The molecule has 2 rings (SSSR count). The SMILES string of the molecule is CC(C)(C)c1cc(C#N)ccc1CC1CC(CS(C)(C)C(C)(C)C)C1. The number of nitriles is 1. The van der Waals surface area contributed by atoms with Gasteiger partial charge in [-0.3, -0.25) is 0 Å². The zero-order valence-electron chi connectivity index (χ0n) is 17.6. The third kappa shape index (κ3) is 4.82. The van der Waals surface area contributed by atoms with Crippen LogP contribution in [-0.4, -0.2) is 23.0 Å². The van der Waals surface area contributed by atoms with E-state index in [1.165, 1.54) is 36.1 Å². The first kappa shape index (κ1) is 20.4. The summed E-state index contributed by atoms with van der Waals surface area (Å²) in [5.41, 5.74) is 3.70. The number of nitrogens with zero attached hydrogens (tertiary/aromatic N) is 1. The van der Waals surface area contributed by atoms with Crippen LogP contribution in [0.4, 0.5) is 0 Å². The average molecular weight is 360 g/mol. The van der Waals surface area contributed by atoms with Crippen molar-refractivity contribution in [3.05, 3.63) is 34.9 Å². The van der Waals surface area contributed by atoms with Gasteiger partial charge in [0.2, 0.25) is 0 Å². The highest BCUT2D eigenvalue weighted by atomic mass is 32.3. The zero-order valence-corrected chi connectivity index (χ0v) is 18.4. The summed E-state index contributed by atoms with van der Waals surface area (Å²) >= 11 is 0. The molecule has 25 heavy (non-hydrogen) atoms. The Labute approximate surface area is 157 Å². The Balaban J connectivity index is 2.01. The van der Waals surface area contributed by atoms with Crippen molar-refractivity contribution in [2.45, 2.75) is 71.0 Å². The van der Waals surface area contributed by atoms with Gasteiger partial charge in [-0.25, -0.2) is 10.0 Å². The van der Waals surface area contributed by atoms with E-state index in [0.29, 0.717) is 4.75 Å². The highest BCUT2D eigenvalue weighted by Gasteiger charge is 2.36. The van der Waals surface area contributed by atoms with Crippen LogP contribution in [0, 0.1) is 23.2 Å². The zero-order chi connectivity index (χ0) is 19.0. The van der Waals surface area contributed by atoms with E-state index >= 15 is 0 Å². The van der Waals surface area contributed by atoms with E-state index in [1.807, 2.05) is 6.07 Å². The van der Waals surface area contributed by atoms with Crippen LogP contribution >= 0.6 is 10.0 Å². The molecule has 2 heteroatoms. The van der Waals surface area contributed by atoms with Gasteiger partial charge in [0.05, 0.1) is 11.6 Å². The lowest BCUT2D eigenvalue weighted by Crippen LogP contribution is -2.35. The van der Waals surface area contributed by atoms with Crippen molar-refractivity contribution in [1.82, 2.24) is 0 Å². The van der Waals surface area contributed by atoms with Crippen LogP contribution in [0.1, 0.15) is 71.1 Å². The summed E-state index contributed by atoms with van der Waals surface area (Å²) in [6.07, 6.45) is 8.98. The summed E-state index contributed by atoms with van der Waals surface area (Å²) in [6.45, 7) is 14.0. The minimum Gasteiger partial charge on any atom is -0.242 e. The lowest BCUT2D eigenvalue weighted by Gasteiger charge is -2.50. The lowest BCUT2D eigenvalue weighted by atomic mass is 9.71. The monoisotopic (exact) mass is 359 g/mol. The molecule has 0 spiro atoms. The molecule has 1 saturated carbocycles. The summed E-state index contributed by atoms with van der Waals surface area (Å²) in [5, 5.41) is 9.22. The molecule has 1 aromatic rings. The van der Waals surface area contributed by atoms with Crippen LogP contribution in [0.15, 0.2) is 18.2 Å². The van der Waals surface area contributed by atoms with Crippen LogP contribution in [0.2, 0.25) is 0 Å². The van der Waals surface area contributed by atoms with Gasteiger partial charge < -0.3 is 0 Å². The van der Waals surface area contributed by atoms with Crippen LogP contribution < -0.4 is 0 Å². The average Bonchev–Trinajstić information content (AvgIpc) is 2.42. The van der Waals surface area contributed by atoms with Crippen molar-refractivity contribution in [2.75, 3.05) is 18.3 Å². The minimum atomic E-state index is -0.531. The molecule has 1 aromatic carbocycles. The predicted octanol–water partition coefficient (Wildman–Crippen LogP) is 6.29. The van der Waals surface area contributed by atoms with Crippen molar-refractivity contribution in [3.8, 4) is 6.07 Å². The molecule has 1 aliphatic rings. The molecular formula is C23H37NS. The van der Waals surface area contributed by atoms with Gasteiger partial charge in [-0.05, 0) is 82.8 Å². The van der Waals surface area contributed by atoms with Gasteiger partial charge in [-0.15, -0.1) is 0 Å². The first-order chi connectivity index (χ1) is 11.3. The van der Waals surface area contributed by atoms with Crippen molar-refractivity contribution < 1.29 is 0 Å². The molecule has 0 N–H and O–H groups in total. The summed E-state index contributed by atoms with van der Waals surface area (Å²) in [7, 11) is -0.531. The Kier molecular flexibility index (Phi) is 5.70. The quantitative estimate of drug-likeness (QED) is 0.620. The van der Waals surface area contributed by atoms with Crippen LogP contribution in [0.5, 0.6) is 0 Å². The highest BCUT2D eigenvalue weighted by Crippen LogP contribution is 2.57. The molecule has 140 valence electrons. The molecule has 1 nitrogen and oxygen atoms in total. The summed E-state index contributed by atoms with van der Waals surface area (Å²) in [4.78, 5) is 0. The normalized spacial score (nSPS) is 22.2. The molecule has 0 unspecified atom stereocenters. The van der Waals surface area contributed by atoms with Crippen LogP contribution in [0.3, 0.4) is 0 Å². The minimum absolute atomic E-state index is 0.101. The van der Waals surface area contributed by atoms with Gasteiger partial charge in [0.25, 0.3) is 0 Å². The molecule has 1 aliphatic carbocycles. The van der Waals surface area contributed by atoms with E-state index in [0.717, 1.165) is 17.4 Å². The van der Waals surface area contributed by atoms with Crippen molar-refractivity contribution in [3.63, 3.8) is 0 Å². The first-order valence-corrected chi connectivity index (χ1v) is 12.2. The van der Waals surface area contributed by atoms with Gasteiger partial charge >= 0.3 is 0 Å². The fourth-order valence-electron chi connectivity index (χ4n) is 3.85. The maximum absolute atomic E-state index is 9.22. The Morgan fingerprint density at radius 3 is 2.12 bits per heavy atom. The van der Waals surface area contributed by atoms with E-state index in [1.54, 1.807) is 0 Å². The molecule has 0 aromatic heterocycles. The number of benzene rings is 1. The maximum Gasteiger partial charge on any atom is 0.0991 e. The number of rotatable bonds is 4. The summed E-state index contributed by atoms with van der Waals surface area (Å²) < 4.78 is 0.449. The molecule has 0 aliphatic heterocycles. The van der Waals surface area contributed by atoms with Crippen molar-refractivity contribution in [1.29, 1.82) is 5.26 Å². The second-order valence-electron chi connectivity index (χ2n) is 10.5. The fraction of sp³-hybridized carbons (Fsp3) is 0.696. The Morgan fingerprint density at radius 2 is 1.64 bits per heavy atom. The second kappa shape index (κ2) is 6.99.